The highest BCUT2D eigenvalue weighted by molar-refractivity contribution is 7.09. The SMILES string of the molecule is C=CCCOCc1csc(CNCC(C)C)n1. The summed E-state index contributed by atoms with van der Waals surface area (Å²) < 4.78 is 5.47. The molecule has 4 heteroatoms. The van der Waals surface area contributed by atoms with E-state index in [1.54, 1.807) is 11.3 Å². The third-order valence-corrected chi connectivity index (χ3v) is 3.04. The van der Waals surface area contributed by atoms with Crippen molar-refractivity contribution in [3.05, 3.63) is 28.7 Å². The summed E-state index contributed by atoms with van der Waals surface area (Å²) in [5.74, 6) is 0.677. The molecule has 0 aliphatic carbocycles. The fourth-order valence-corrected chi connectivity index (χ4v) is 2.06. The Morgan fingerprint density at radius 3 is 3.12 bits per heavy atom. The summed E-state index contributed by atoms with van der Waals surface area (Å²) in [6, 6.07) is 0. The zero-order valence-electron chi connectivity index (χ0n) is 10.7. The van der Waals surface area contributed by atoms with Gasteiger partial charge in [0.05, 0.1) is 18.9 Å². The van der Waals surface area contributed by atoms with Crippen LogP contribution in [0, 0.1) is 5.92 Å². The smallest absolute Gasteiger partial charge is 0.107 e. The van der Waals surface area contributed by atoms with Gasteiger partial charge in [0, 0.05) is 11.9 Å². The van der Waals surface area contributed by atoms with Gasteiger partial charge >= 0.3 is 0 Å². The molecule has 0 aliphatic heterocycles. The minimum absolute atomic E-state index is 0.606. The third-order valence-electron chi connectivity index (χ3n) is 2.14. The van der Waals surface area contributed by atoms with Gasteiger partial charge in [0.25, 0.3) is 0 Å². The van der Waals surface area contributed by atoms with Gasteiger partial charge in [-0.2, -0.15) is 0 Å². The number of hydrogen-bond donors (Lipinski definition) is 1. The van der Waals surface area contributed by atoms with Gasteiger partial charge in [0.2, 0.25) is 0 Å². The molecule has 0 bridgehead atoms. The van der Waals surface area contributed by atoms with Crippen LogP contribution in [0.2, 0.25) is 0 Å². The van der Waals surface area contributed by atoms with Gasteiger partial charge in [-0.05, 0) is 18.9 Å². The molecule has 0 spiro atoms. The normalized spacial score (nSPS) is 11.0. The molecule has 0 aromatic carbocycles. The van der Waals surface area contributed by atoms with Gasteiger partial charge in [0.1, 0.15) is 5.01 Å². The monoisotopic (exact) mass is 254 g/mol. The molecule has 1 rings (SSSR count). The van der Waals surface area contributed by atoms with Crippen LogP contribution in [0.4, 0.5) is 0 Å². The summed E-state index contributed by atoms with van der Waals surface area (Å²) >= 11 is 1.69. The van der Waals surface area contributed by atoms with Crippen LogP contribution < -0.4 is 5.32 Å². The molecule has 96 valence electrons. The van der Waals surface area contributed by atoms with Gasteiger partial charge in [-0.1, -0.05) is 19.9 Å². The van der Waals surface area contributed by atoms with Crippen molar-refractivity contribution in [3.63, 3.8) is 0 Å². The van der Waals surface area contributed by atoms with Crippen LogP contribution in [0.1, 0.15) is 31.0 Å². The molecule has 1 aromatic rings. The van der Waals surface area contributed by atoms with Crippen molar-refractivity contribution >= 4 is 11.3 Å². The maximum atomic E-state index is 5.47. The molecule has 0 fully saturated rings. The summed E-state index contributed by atoms with van der Waals surface area (Å²) in [4.78, 5) is 4.51. The van der Waals surface area contributed by atoms with Crippen molar-refractivity contribution in [2.75, 3.05) is 13.2 Å². The predicted octanol–water partition coefficient (Wildman–Crippen LogP) is 2.98. The second-order valence-electron chi connectivity index (χ2n) is 4.39. The molecule has 0 radical (unpaired) electrons. The van der Waals surface area contributed by atoms with E-state index in [1.165, 1.54) is 0 Å². The third kappa shape index (κ3) is 6.56. The minimum atomic E-state index is 0.606. The molecule has 0 unspecified atom stereocenters. The van der Waals surface area contributed by atoms with E-state index in [-0.39, 0.29) is 0 Å². The Morgan fingerprint density at radius 2 is 2.41 bits per heavy atom. The molecular formula is C13H22N2OS. The van der Waals surface area contributed by atoms with Gasteiger partial charge in [-0.3, -0.25) is 0 Å². The first kappa shape index (κ1) is 14.4. The molecular weight excluding hydrogens is 232 g/mol. The van der Waals surface area contributed by atoms with Gasteiger partial charge in [0.15, 0.2) is 0 Å². The van der Waals surface area contributed by atoms with Gasteiger partial charge in [-0.15, -0.1) is 17.9 Å². The Labute approximate surface area is 108 Å². The van der Waals surface area contributed by atoms with Crippen LogP contribution in [-0.4, -0.2) is 18.1 Å². The Kier molecular flexibility index (Phi) is 7.08. The first-order valence-corrected chi connectivity index (χ1v) is 6.93. The number of nitrogens with one attached hydrogen (secondary N) is 1. The lowest BCUT2D eigenvalue weighted by Gasteiger charge is -2.04. The Hall–Kier alpha value is -0.710. The maximum absolute atomic E-state index is 5.47. The molecule has 0 atom stereocenters. The van der Waals surface area contributed by atoms with Crippen molar-refractivity contribution in [1.29, 1.82) is 0 Å². The zero-order chi connectivity index (χ0) is 12.5. The minimum Gasteiger partial charge on any atom is -0.375 e. The lowest BCUT2D eigenvalue weighted by atomic mass is 10.2. The molecule has 0 aliphatic rings. The van der Waals surface area contributed by atoms with E-state index in [4.69, 9.17) is 4.74 Å². The number of thiazole rings is 1. The van der Waals surface area contributed by atoms with Crippen LogP contribution in [0.3, 0.4) is 0 Å². The summed E-state index contributed by atoms with van der Waals surface area (Å²) in [7, 11) is 0. The van der Waals surface area contributed by atoms with Gasteiger partial charge in [-0.25, -0.2) is 4.98 Å². The molecule has 0 amide bonds. The van der Waals surface area contributed by atoms with Crippen LogP contribution >= 0.6 is 11.3 Å². The van der Waals surface area contributed by atoms with Crippen LogP contribution in [0.5, 0.6) is 0 Å². The highest BCUT2D eigenvalue weighted by atomic mass is 32.1. The van der Waals surface area contributed by atoms with E-state index in [2.05, 4.69) is 36.1 Å². The predicted molar refractivity (Wildman–Crippen MR) is 73.1 cm³/mol. The average Bonchev–Trinajstić information content (AvgIpc) is 2.72. The van der Waals surface area contributed by atoms with Crippen LogP contribution in [0.15, 0.2) is 18.0 Å². The Bertz CT molecular complexity index is 323. The molecule has 1 heterocycles. The van der Waals surface area contributed by atoms with Crippen molar-refractivity contribution in [2.24, 2.45) is 5.92 Å². The second-order valence-corrected chi connectivity index (χ2v) is 5.33. The van der Waals surface area contributed by atoms with Crippen molar-refractivity contribution in [3.8, 4) is 0 Å². The molecule has 0 saturated carbocycles. The number of nitrogens with zero attached hydrogens (tertiary/aromatic N) is 1. The summed E-state index contributed by atoms with van der Waals surface area (Å²) in [6.45, 7) is 11.3. The highest BCUT2D eigenvalue weighted by Gasteiger charge is 2.02. The Morgan fingerprint density at radius 1 is 1.59 bits per heavy atom. The van der Waals surface area contributed by atoms with Crippen molar-refractivity contribution in [1.82, 2.24) is 10.3 Å². The first-order chi connectivity index (χ1) is 8.22. The molecule has 1 N–H and O–H groups in total. The fourth-order valence-electron chi connectivity index (χ4n) is 1.31. The molecule has 0 saturated heterocycles. The van der Waals surface area contributed by atoms with E-state index in [9.17, 15) is 0 Å². The first-order valence-electron chi connectivity index (χ1n) is 6.05. The maximum Gasteiger partial charge on any atom is 0.107 e. The van der Waals surface area contributed by atoms with Crippen molar-refractivity contribution in [2.45, 2.75) is 33.4 Å². The second kappa shape index (κ2) is 8.39. The van der Waals surface area contributed by atoms with Crippen LogP contribution in [-0.2, 0) is 17.9 Å². The summed E-state index contributed by atoms with van der Waals surface area (Å²) in [6.07, 6.45) is 2.76. The standard InChI is InChI=1S/C13H22N2OS/c1-4-5-6-16-9-12-10-17-13(15-12)8-14-7-11(2)3/h4,10-11,14H,1,5-9H2,2-3H3. The van der Waals surface area contributed by atoms with Gasteiger partial charge < -0.3 is 10.1 Å². The number of ether oxygens (including phenoxy) is 1. The molecule has 1 aromatic heterocycles. The van der Waals surface area contributed by atoms with E-state index >= 15 is 0 Å². The molecule has 17 heavy (non-hydrogen) atoms. The number of aromatic nitrogens is 1. The fraction of sp³-hybridized carbons (Fsp3) is 0.615. The lowest BCUT2D eigenvalue weighted by Crippen LogP contribution is -2.18. The van der Waals surface area contributed by atoms with E-state index in [1.807, 2.05) is 6.08 Å². The topological polar surface area (TPSA) is 34.1 Å². The number of rotatable bonds is 9. The van der Waals surface area contributed by atoms with E-state index in [0.29, 0.717) is 12.5 Å². The van der Waals surface area contributed by atoms with Crippen molar-refractivity contribution < 1.29 is 4.74 Å². The number of hydrogen-bond acceptors (Lipinski definition) is 4. The largest absolute Gasteiger partial charge is 0.375 e. The Balaban J connectivity index is 2.20. The van der Waals surface area contributed by atoms with E-state index < -0.39 is 0 Å². The van der Waals surface area contributed by atoms with Crippen LogP contribution in [0.25, 0.3) is 0 Å². The lowest BCUT2D eigenvalue weighted by molar-refractivity contribution is 0.123. The van der Waals surface area contributed by atoms with E-state index in [0.717, 1.165) is 36.8 Å². The average molecular weight is 254 g/mol. The summed E-state index contributed by atoms with van der Waals surface area (Å²) in [5.41, 5.74) is 1.03. The highest BCUT2D eigenvalue weighted by Crippen LogP contribution is 2.10. The molecule has 3 nitrogen and oxygen atoms in total. The zero-order valence-corrected chi connectivity index (χ0v) is 11.6. The summed E-state index contributed by atoms with van der Waals surface area (Å²) in [5, 5.41) is 6.59. The quantitative estimate of drug-likeness (QED) is 0.543.